The molecule has 0 saturated carbocycles. The maximum absolute atomic E-state index is 12.5. The zero-order chi connectivity index (χ0) is 21.0. The van der Waals surface area contributed by atoms with Gasteiger partial charge in [0.15, 0.2) is 0 Å². The average Bonchev–Trinajstić information content (AvgIpc) is 2.71. The summed E-state index contributed by atoms with van der Waals surface area (Å²) < 4.78 is 32.5. The molecule has 7 heteroatoms. The Kier molecular flexibility index (Phi) is 5.89. The number of carbonyl (C=O) groups is 1. The number of methoxy groups -OCH3 is 1. The second kappa shape index (κ2) is 8.36. The number of amides is 1. The molecule has 0 saturated heterocycles. The second-order valence-corrected chi connectivity index (χ2v) is 8.31. The van der Waals surface area contributed by atoms with Crippen LogP contribution in [-0.2, 0) is 10.0 Å². The van der Waals surface area contributed by atoms with E-state index in [2.05, 4.69) is 10.0 Å². The van der Waals surface area contributed by atoms with Gasteiger partial charge in [-0.2, -0.15) is 0 Å². The standard InChI is InChI=1S/C22H22N2O4S/c1-15-4-5-16(2)21(14-15)23-22(25)17-6-8-18(9-7-17)24-29(26,27)20-12-10-19(28-3)11-13-20/h4-14,24H,1-3H3,(H,23,25). The molecule has 3 aromatic carbocycles. The van der Waals surface area contributed by atoms with Crippen molar-refractivity contribution >= 4 is 27.3 Å². The molecule has 3 aromatic rings. The van der Waals surface area contributed by atoms with Crippen LogP contribution in [0.25, 0.3) is 0 Å². The summed E-state index contributed by atoms with van der Waals surface area (Å²) in [5.74, 6) is 0.312. The highest BCUT2D eigenvalue weighted by atomic mass is 32.2. The van der Waals surface area contributed by atoms with Crippen LogP contribution < -0.4 is 14.8 Å². The van der Waals surface area contributed by atoms with Gasteiger partial charge in [-0.1, -0.05) is 12.1 Å². The van der Waals surface area contributed by atoms with Crippen molar-refractivity contribution < 1.29 is 17.9 Å². The molecule has 0 aliphatic carbocycles. The minimum atomic E-state index is -3.74. The van der Waals surface area contributed by atoms with Crippen molar-refractivity contribution in [3.8, 4) is 5.75 Å². The van der Waals surface area contributed by atoms with Crippen molar-refractivity contribution in [3.05, 3.63) is 83.4 Å². The van der Waals surface area contributed by atoms with Crippen LogP contribution in [0.5, 0.6) is 5.75 Å². The first-order valence-corrected chi connectivity index (χ1v) is 10.4. The second-order valence-electron chi connectivity index (χ2n) is 6.63. The van der Waals surface area contributed by atoms with Crippen LogP contribution in [0.1, 0.15) is 21.5 Å². The van der Waals surface area contributed by atoms with Gasteiger partial charge in [0.05, 0.1) is 12.0 Å². The maximum atomic E-state index is 12.5. The molecule has 0 radical (unpaired) electrons. The van der Waals surface area contributed by atoms with E-state index in [1.165, 1.54) is 19.2 Å². The van der Waals surface area contributed by atoms with Crippen LogP contribution in [0, 0.1) is 13.8 Å². The lowest BCUT2D eigenvalue weighted by atomic mass is 10.1. The lowest BCUT2D eigenvalue weighted by molar-refractivity contribution is 0.102. The SMILES string of the molecule is COc1ccc(S(=O)(=O)Nc2ccc(C(=O)Nc3cc(C)ccc3C)cc2)cc1. The molecule has 2 N–H and O–H groups in total. The van der Waals surface area contributed by atoms with Gasteiger partial charge < -0.3 is 10.1 Å². The van der Waals surface area contributed by atoms with Crippen molar-refractivity contribution in [1.29, 1.82) is 0 Å². The number of hydrogen-bond acceptors (Lipinski definition) is 4. The maximum Gasteiger partial charge on any atom is 0.261 e. The average molecular weight is 410 g/mol. The summed E-state index contributed by atoms with van der Waals surface area (Å²) in [5.41, 5.74) is 3.56. The minimum absolute atomic E-state index is 0.120. The highest BCUT2D eigenvalue weighted by molar-refractivity contribution is 7.92. The van der Waals surface area contributed by atoms with Gasteiger partial charge in [0.1, 0.15) is 5.75 Å². The number of benzene rings is 3. The summed E-state index contributed by atoms with van der Waals surface area (Å²) in [6.45, 7) is 3.88. The zero-order valence-corrected chi connectivity index (χ0v) is 17.2. The van der Waals surface area contributed by atoms with E-state index in [1.54, 1.807) is 36.4 Å². The third-order valence-corrected chi connectivity index (χ3v) is 5.81. The van der Waals surface area contributed by atoms with Gasteiger partial charge >= 0.3 is 0 Å². The molecule has 1 amide bonds. The first-order chi connectivity index (χ1) is 13.8. The molecule has 0 fully saturated rings. The number of anilines is 2. The fourth-order valence-corrected chi connectivity index (χ4v) is 3.78. The van der Waals surface area contributed by atoms with Gasteiger partial charge in [0.2, 0.25) is 0 Å². The van der Waals surface area contributed by atoms with Crippen molar-refractivity contribution in [2.75, 3.05) is 17.1 Å². The summed E-state index contributed by atoms with van der Waals surface area (Å²) in [6, 6.07) is 18.2. The topological polar surface area (TPSA) is 84.5 Å². The van der Waals surface area contributed by atoms with Gasteiger partial charge in [0.25, 0.3) is 15.9 Å². The number of hydrogen-bond donors (Lipinski definition) is 2. The molecular weight excluding hydrogens is 388 g/mol. The smallest absolute Gasteiger partial charge is 0.261 e. The molecule has 6 nitrogen and oxygen atoms in total. The molecule has 0 spiro atoms. The van der Waals surface area contributed by atoms with Gasteiger partial charge in [0, 0.05) is 16.9 Å². The van der Waals surface area contributed by atoms with E-state index in [-0.39, 0.29) is 10.8 Å². The van der Waals surface area contributed by atoms with Crippen molar-refractivity contribution in [1.82, 2.24) is 0 Å². The monoisotopic (exact) mass is 410 g/mol. The van der Waals surface area contributed by atoms with Crippen LogP contribution in [-0.4, -0.2) is 21.4 Å². The minimum Gasteiger partial charge on any atom is -0.497 e. The summed E-state index contributed by atoms with van der Waals surface area (Å²) in [5, 5.41) is 2.88. The molecule has 150 valence electrons. The van der Waals surface area contributed by atoms with E-state index >= 15 is 0 Å². The normalized spacial score (nSPS) is 11.0. The Morgan fingerprint density at radius 1 is 0.897 bits per heavy atom. The number of carbonyl (C=O) groups excluding carboxylic acids is 1. The van der Waals surface area contributed by atoms with Gasteiger partial charge in [-0.15, -0.1) is 0 Å². The van der Waals surface area contributed by atoms with E-state index in [4.69, 9.17) is 4.74 Å². The largest absolute Gasteiger partial charge is 0.497 e. The van der Waals surface area contributed by atoms with E-state index < -0.39 is 10.0 Å². The fraction of sp³-hybridized carbons (Fsp3) is 0.136. The van der Waals surface area contributed by atoms with E-state index in [0.29, 0.717) is 17.0 Å². The van der Waals surface area contributed by atoms with Gasteiger partial charge in [-0.25, -0.2) is 8.42 Å². The predicted octanol–water partition coefficient (Wildman–Crippen LogP) is 4.37. The van der Waals surface area contributed by atoms with Crippen molar-refractivity contribution in [2.24, 2.45) is 0 Å². The van der Waals surface area contributed by atoms with Gasteiger partial charge in [-0.3, -0.25) is 9.52 Å². The Morgan fingerprint density at radius 3 is 2.17 bits per heavy atom. The molecule has 0 aromatic heterocycles. The van der Waals surface area contributed by atoms with E-state index in [9.17, 15) is 13.2 Å². The number of aryl methyl sites for hydroxylation is 2. The first kappa shape index (κ1) is 20.4. The Morgan fingerprint density at radius 2 is 1.55 bits per heavy atom. The summed E-state index contributed by atoms with van der Waals surface area (Å²) in [7, 11) is -2.22. The molecule has 29 heavy (non-hydrogen) atoms. The lowest BCUT2D eigenvalue weighted by Gasteiger charge is -2.11. The van der Waals surface area contributed by atoms with Crippen molar-refractivity contribution in [2.45, 2.75) is 18.7 Å². The summed E-state index contributed by atoms with van der Waals surface area (Å²) in [4.78, 5) is 12.6. The molecule has 3 rings (SSSR count). The molecular formula is C22H22N2O4S. The Bertz CT molecular complexity index is 1120. The Labute approximate surface area is 170 Å². The third kappa shape index (κ3) is 4.94. The fourth-order valence-electron chi connectivity index (χ4n) is 2.72. The molecule has 0 aliphatic rings. The van der Waals surface area contributed by atoms with E-state index in [0.717, 1.165) is 16.8 Å². The number of nitrogens with one attached hydrogen (secondary N) is 2. The van der Waals surface area contributed by atoms with Crippen LogP contribution in [0.4, 0.5) is 11.4 Å². The number of ether oxygens (including phenoxy) is 1. The van der Waals surface area contributed by atoms with Gasteiger partial charge in [-0.05, 0) is 79.6 Å². The Balaban J connectivity index is 1.72. The third-order valence-electron chi connectivity index (χ3n) is 4.41. The highest BCUT2D eigenvalue weighted by Crippen LogP contribution is 2.21. The first-order valence-electron chi connectivity index (χ1n) is 8.94. The highest BCUT2D eigenvalue weighted by Gasteiger charge is 2.15. The quantitative estimate of drug-likeness (QED) is 0.632. The predicted molar refractivity (Wildman–Crippen MR) is 114 cm³/mol. The van der Waals surface area contributed by atoms with Crippen LogP contribution in [0.3, 0.4) is 0 Å². The number of sulfonamides is 1. The van der Waals surface area contributed by atoms with Crippen LogP contribution in [0.2, 0.25) is 0 Å². The molecule has 0 heterocycles. The van der Waals surface area contributed by atoms with Crippen LogP contribution >= 0.6 is 0 Å². The lowest BCUT2D eigenvalue weighted by Crippen LogP contribution is -2.14. The molecule has 0 atom stereocenters. The van der Waals surface area contributed by atoms with E-state index in [1.807, 2.05) is 32.0 Å². The summed E-state index contributed by atoms with van der Waals surface area (Å²) >= 11 is 0. The van der Waals surface area contributed by atoms with Crippen molar-refractivity contribution in [3.63, 3.8) is 0 Å². The molecule has 0 aliphatic heterocycles. The van der Waals surface area contributed by atoms with Crippen LogP contribution in [0.15, 0.2) is 71.6 Å². The Hall–Kier alpha value is -3.32. The molecule has 0 unspecified atom stereocenters. The zero-order valence-electron chi connectivity index (χ0n) is 16.4. The number of rotatable bonds is 6. The summed E-state index contributed by atoms with van der Waals surface area (Å²) in [6.07, 6.45) is 0. The molecule has 0 bridgehead atoms.